The van der Waals surface area contributed by atoms with Crippen molar-refractivity contribution in [3.05, 3.63) is 35.9 Å². The smallest absolute Gasteiger partial charge is 0.326 e. The molecule has 0 radical (unpaired) electrons. The van der Waals surface area contributed by atoms with E-state index < -0.39 is 12.0 Å². The number of methoxy groups -OCH3 is 1. The number of carboxylic acids is 1. The molecule has 1 aliphatic rings. The van der Waals surface area contributed by atoms with Crippen LogP contribution in [-0.4, -0.2) is 36.7 Å². The van der Waals surface area contributed by atoms with E-state index in [0.29, 0.717) is 24.9 Å². The third kappa shape index (κ3) is 4.56. The maximum absolute atomic E-state index is 11.9. The SMILES string of the molecule is COCCC(NC(=O)C[C@@H]1C[C@H]1c1ccccc1)C(=O)O. The molecule has 5 heteroatoms. The molecule has 1 amide bonds. The number of carboxylic acid groups (broad SMARTS) is 1. The summed E-state index contributed by atoms with van der Waals surface area (Å²) in [7, 11) is 1.51. The van der Waals surface area contributed by atoms with Crippen molar-refractivity contribution in [3.8, 4) is 0 Å². The molecule has 3 atom stereocenters. The van der Waals surface area contributed by atoms with Crippen molar-refractivity contribution in [2.75, 3.05) is 13.7 Å². The van der Waals surface area contributed by atoms with E-state index in [9.17, 15) is 9.59 Å². The molecular weight excluding hydrogens is 270 g/mol. The van der Waals surface area contributed by atoms with Gasteiger partial charge in [-0.3, -0.25) is 4.79 Å². The van der Waals surface area contributed by atoms with Crippen molar-refractivity contribution >= 4 is 11.9 Å². The lowest BCUT2D eigenvalue weighted by Gasteiger charge is -2.13. The zero-order valence-corrected chi connectivity index (χ0v) is 12.1. The third-order valence-electron chi connectivity index (χ3n) is 3.84. The molecule has 0 saturated heterocycles. The number of ether oxygens (including phenoxy) is 1. The molecule has 1 aromatic carbocycles. The van der Waals surface area contributed by atoms with Gasteiger partial charge in [-0.2, -0.15) is 0 Å². The molecular formula is C16H21NO4. The van der Waals surface area contributed by atoms with Crippen LogP contribution in [0.1, 0.15) is 30.7 Å². The predicted octanol–water partition coefficient (Wildman–Crippen LogP) is 1.79. The Kier molecular flexibility index (Phi) is 5.33. The van der Waals surface area contributed by atoms with Gasteiger partial charge in [0.05, 0.1) is 0 Å². The van der Waals surface area contributed by atoms with Crippen LogP contribution in [0.2, 0.25) is 0 Å². The number of rotatable bonds is 8. The molecule has 2 N–H and O–H groups in total. The van der Waals surface area contributed by atoms with Gasteiger partial charge in [-0.15, -0.1) is 0 Å². The summed E-state index contributed by atoms with van der Waals surface area (Å²) in [4.78, 5) is 23.0. The van der Waals surface area contributed by atoms with Gasteiger partial charge in [-0.1, -0.05) is 30.3 Å². The highest BCUT2D eigenvalue weighted by Gasteiger charge is 2.39. The second-order valence-electron chi connectivity index (χ2n) is 5.46. The Bertz CT molecular complexity index is 488. The molecule has 114 valence electrons. The van der Waals surface area contributed by atoms with Crippen LogP contribution in [0.25, 0.3) is 0 Å². The Morgan fingerprint density at radius 2 is 2.10 bits per heavy atom. The Hall–Kier alpha value is -1.88. The fourth-order valence-corrected chi connectivity index (χ4v) is 2.57. The van der Waals surface area contributed by atoms with Crippen LogP contribution in [0.3, 0.4) is 0 Å². The first-order valence-corrected chi connectivity index (χ1v) is 7.18. The third-order valence-corrected chi connectivity index (χ3v) is 3.84. The van der Waals surface area contributed by atoms with Gasteiger partial charge in [0, 0.05) is 26.6 Å². The zero-order valence-electron chi connectivity index (χ0n) is 12.1. The van der Waals surface area contributed by atoms with Crippen molar-refractivity contribution in [1.29, 1.82) is 0 Å². The van der Waals surface area contributed by atoms with E-state index in [1.54, 1.807) is 0 Å². The van der Waals surface area contributed by atoms with E-state index in [2.05, 4.69) is 17.4 Å². The molecule has 1 saturated carbocycles. The van der Waals surface area contributed by atoms with Gasteiger partial charge in [0.2, 0.25) is 5.91 Å². The lowest BCUT2D eigenvalue weighted by molar-refractivity contribution is -0.142. The molecule has 1 unspecified atom stereocenters. The topological polar surface area (TPSA) is 75.6 Å². The number of nitrogens with one attached hydrogen (secondary N) is 1. The highest BCUT2D eigenvalue weighted by atomic mass is 16.5. The van der Waals surface area contributed by atoms with E-state index in [4.69, 9.17) is 9.84 Å². The highest BCUT2D eigenvalue weighted by molar-refractivity contribution is 5.83. The second-order valence-corrected chi connectivity index (χ2v) is 5.46. The molecule has 5 nitrogen and oxygen atoms in total. The van der Waals surface area contributed by atoms with Gasteiger partial charge >= 0.3 is 5.97 Å². The molecule has 0 heterocycles. The van der Waals surface area contributed by atoms with Gasteiger partial charge in [0.15, 0.2) is 0 Å². The number of aliphatic carboxylic acids is 1. The largest absolute Gasteiger partial charge is 0.480 e. The first kappa shape index (κ1) is 15.5. The van der Waals surface area contributed by atoms with E-state index in [-0.39, 0.29) is 12.3 Å². The normalized spacial score (nSPS) is 21.6. The molecule has 2 rings (SSSR count). The minimum absolute atomic E-state index is 0.193. The molecule has 1 fully saturated rings. The summed E-state index contributed by atoms with van der Waals surface area (Å²) < 4.78 is 4.86. The quantitative estimate of drug-likeness (QED) is 0.765. The van der Waals surface area contributed by atoms with Crippen LogP contribution >= 0.6 is 0 Å². The standard InChI is InChI=1S/C16H21NO4/c1-21-8-7-14(16(19)20)17-15(18)10-12-9-13(12)11-5-3-2-4-6-11/h2-6,12-14H,7-10H2,1H3,(H,17,18)(H,19,20)/t12-,13-,14?/m0/s1. The summed E-state index contributed by atoms with van der Waals surface area (Å²) in [6, 6.07) is 9.24. The van der Waals surface area contributed by atoms with Gasteiger partial charge in [0.1, 0.15) is 6.04 Å². The molecule has 21 heavy (non-hydrogen) atoms. The number of benzene rings is 1. The van der Waals surface area contributed by atoms with E-state index in [0.717, 1.165) is 6.42 Å². The van der Waals surface area contributed by atoms with Crippen LogP contribution in [0.15, 0.2) is 30.3 Å². The summed E-state index contributed by atoms with van der Waals surface area (Å²) in [5.74, 6) is -0.457. The molecule has 0 spiro atoms. The summed E-state index contributed by atoms with van der Waals surface area (Å²) in [5.41, 5.74) is 1.25. The summed E-state index contributed by atoms with van der Waals surface area (Å²) in [6.45, 7) is 0.313. The van der Waals surface area contributed by atoms with Gasteiger partial charge in [0.25, 0.3) is 0 Å². The maximum atomic E-state index is 11.9. The lowest BCUT2D eigenvalue weighted by atomic mass is 10.1. The fraction of sp³-hybridized carbons (Fsp3) is 0.500. The second kappa shape index (κ2) is 7.22. The first-order valence-electron chi connectivity index (χ1n) is 7.18. The van der Waals surface area contributed by atoms with Crippen molar-refractivity contribution in [2.24, 2.45) is 5.92 Å². The Morgan fingerprint density at radius 3 is 2.71 bits per heavy atom. The van der Waals surface area contributed by atoms with Crippen molar-refractivity contribution in [1.82, 2.24) is 5.32 Å². The first-order chi connectivity index (χ1) is 10.1. The molecule has 1 aliphatic carbocycles. The Labute approximate surface area is 124 Å². The van der Waals surface area contributed by atoms with Crippen LogP contribution in [0, 0.1) is 5.92 Å². The van der Waals surface area contributed by atoms with Crippen LogP contribution < -0.4 is 5.32 Å². The predicted molar refractivity (Wildman–Crippen MR) is 78.0 cm³/mol. The average molecular weight is 291 g/mol. The van der Waals surface area contributed by atoms with Crippen molar-refractivity contribution in [2.45, 2.75) is 31.2 Å². The minimum atomic E-state index is -1.02. The van der Waals surface area contributed by atoms with Crippen LogP contribution in [0.4, 0.5) is 0 Å². The zero-order chi connectivity index (χ0) is 15.2. The summed E-state index contributed by atoms with van der Waals surface area (Å²) in [6.07, 6.45) is 1.66. The number of carbonyl (C=O) groups is 2. The molecule has 0 bridgehead atoms. The maximum Gasteiger partial charge on any atom is 0.326 e. The van der Waals surface area contributed by atoms with Crippen LogP contribution in [-0.2, 0) is 14.3 Å². The van der Waals surface area contributed by atoms with Gasteiger partial charge < -0.3 is 15.2 Å². The molecule has 1 aromatic rings. The van der Waals surface area contributed by atoms with Crippen LogP contribution in [0.5, 0.6) is 0 Å². The monoisotopic (exact) mass is 291 g/mol. The van der Waals surface area contributed by atoms with E-state index in [1.807, 2.05) is 18.2 Å². The number of hydrogen-bond acceptors (Lipinski definition) is 3. The number of hydrogen-bond donors (Lipinski definition) is 2. The van der Waals surface area contributed by atoms with Gasteiger partial charge in [-0.25, -0.2) is 4.79 Å². The van der Waals surface area contributed by atoms with E-state index in [1.165, 1.54) is 12.7 Å². The summed E-state index contributed by atoms with van der Waals surface area (Å²) >= 11 is 0. The number of carbonyl (C=O) groups excluding carboxylic acids is 1. The molecule has 0 aliphatic heterocycles. The van der Waals surface area contributed by atoms with E-state index >= 15 is 0 Å². The van der Waals surface area contributed by atoms with Crippen molar-refractivity contribution in [3.63, 3.8) is 0 Å². The summed E-state index contributed by atoms with van der Waals surface area (Å²) in [5, 5.41) is 11.6. The van der Waals surface area contributed by atoms with Gasteiger partial charge in [-0.05, 0) is 23.8 Å². The highest BCUT2D eigenvalue weighted by Crippen LogP contribution is 2.49. The Morgan fingerprint density at radius 1 is 1.38 bits per heavy atom. The minimum Gasteiger partial charge on any atom is -0.480 e. The number of amides is 1. The van der Waals surface area contributed by atoms with Crippen molar-refractivity contribution < 1.29 is 19.4 Å². The molecule has 0 aromatic heterocycles. The average Bonchev–Trinajstić information content (AvgIpc) is 3.23. The lowest BCUT2D eigenvalue weighted by Crippen LogP contribution is -2.41. The Balaban J connectivity index is 1.79. The fourth-order valence-electron chi connectivity index (χ4n) is 2.57.